The first-order valence-electron chi connectivity index (χ1n) is 9.90. The molecule has 2 aromatic heterocycles. The zero-order valence-electron chi connectivity index (χ0n) is 17.7. The molecule has 10 nitrogen and oxygen atoms in total. The van der Waals surface area contributed by atoms with Crippen molar-refractivity contribution in [2.24, 2.45) is 0 Å². The lowest BCUT2D eigenvalue weighted by Gasteiger charge is -2.14. The van der Waals surface area contributed by atoms with Gasteiger partial charge in [-0.05, 0) is 32.9 Å². The Morgan fingerprint density at radius 2 is 1.84 bits per heavy atom. The van der Waals surface area contributed by atoms with Crippen molar-refractivity contribution in [1.29, 1.82) is 0 Å². The molecule has 166 valence electrons. The largest absolute Gasteiger partial charge is 0.494 e. The lowest BCUT2D eigenvalue weighted by molar-refractivity contribution is 0.317. The van der Waals surface area contributed by atoms with Crippen molar-refractivity contribution in [2.75, 3.05) is 31.6 Å². The Labute approximate surface area is 181 Å². The summed E-state index contributed by atoms with van der Waals surface area (Å²) in [5.41, 5.74) is 0. The first-order valence-corrected chi connectivity index (χ1v) is 11.4. The van der Waals surface area contributed by atoms with Crippen LogP contribution in [0.5, 0.6) is 11.5 Å². The number of sulfonamides is 1. The Morgan fingerprint density at radius 1 is 1.03 bits per heavy atom. The summed E-state index contributed by atoms with van der Waals surface area (Å²) in [6, 6.07) is 6.44. The van der Waals surface area contributed by atoms with Crippen molar-refractivity contribution in [3.8, 4) is 17.3 Å². The van der Waals surface area contributed by atoms with E-state index in [1.54, 1.807) is 31.3 Å². The van der Waals surface area contributed by atoms with Gasteiger partial charge < -0.3 is 14.8 Å². The van der Waals surface area contributed by atoms with E-state index in [2.05, 4.69) is 25.0 Å². The number of nitrogens with one attached hydrogen (secondary N) is 2. The monoisotopic (exact) mass is 446 g/mol. The van der Waals surface area contributed by atoms with Crippen molar-refractivity contribution in [3.05, 3.63) is 48.8 Å². The van der Waals surface area contributed by atoms with E-state index >= 15 is 0 Å². The second-order valence-electron chi connectivity index (χ2n) is 6.41. The highest BCUT2D eigenvalue weighted by Gasteiger charge is 2.20. The van der Waals surface area contributed by atoms with Crippen LogP contribution in [-0.2, 0) is 10.0 Å². The number of hydrogen-bond acceptors (Lipinski definition) is 8. The van der Waals surface area contributed by atoms with Crippen LogP contribution in [0, 0.1) is 6.92 Å². The molecule has 0 atom stereocenters. The normalized spacial score (nSPS) is 11.3. The fraction of sp³-hybridized carbons (Fsp3) is 0.350. The molecule has 3 rings (SSSR count). The highest BCUT2D eigenvalue weighted by Crippen LogP contribution is 2.28. The van der Waals surface area contributed by atoms with Crippen LogP contribution in [0.4, 0.5) is 5.82 Å². The Morgan fingerprint density at radius 3 is 2.55 bits per heavy atom. The first kappa shape index (κ1) is 22.5. The molecule has 31 heavy (non-hydrogen) atoms. The number of hydrogen-bond donors (Lipinski definition) is 2. The lowest BCUT2D eigenvalue weighted by atomic mass is 10.3. The summed E-state index contributed by atoms with van der Waals surface area (Å²) in [5, 5.41) is 3.09. The number of anilines is 1. The van der Waals surface area contributed by atoms with E-state index in [0.717, 1.165) is 5.82 Å². The molecule has 0 unspecified atom stereocenters. The van der Waals surface area contributed by atoms with Gasteiger partial charge in [-0.2, -0.15) is 0 Å². The molecule has 0 aliphatic rings. The summed E-state index contributed by atoms with van der Waals surface area (Å²) in [6.45, 7) is 6.84. The average Bonchev–Trinajstić information content (AvgIpc) is 3.18. The van der Waals surface area contributed by atoms with Crippen LogP contribution in [0.1, 0.15) is 19.7 Å². The molecule has 0 saturated carbocycles. The van der Waals surface area contributed by atoms with Gasteiger partial charge in [0.05, 0.1) is 13.2 Å². The van der Waals surface area contributed by atoms with Crippen LogP contribution in [0.2, 0.25) is 0 Å². The maximum atomic E-state index is 12.8. The summed E-state index contributed by atoms with van der Waals surface area (Å²) in [5.74, 6) is 2.86. The minimum absolute atomic E-state index is 0.0673. The number of ether oxygens (including phenoxy) is 2. The summed E-state index contributed by atoms with van der Waals surface area (Å²) >= 11 is 0. The number of aryl methyl sites for hydroxylation is 1. The molecular formula is C20H26N6O4S. The van der Waals surface area contributed by atoms with E-state index in [1.807, 2.05) is 24.6 Å². The van der Waals surface area contributed by atoms with E-state index < -0.39 is 10.0 Å². The molecule has 3 aromatic rings. The Bertz CT molecular complexity index is 1120. The maximum Gasteiger partial charge on any atom is 0.244 e. The SMILES string of the molecule is CCOc1ccc(S(=O)(=O)NCCNc2cc(-n3ccnc3C)ncn2)c(OCC)c1. The number of imidazole rings is 1. The quantitative estimate of drug-likeness (QED) is 0.430. The van der Waals surface area contributed by atoms with Crippen LogP contribution in [0.25, 0.3) is 5.82 Å². The van der Waals surface area contributed by atoms with E-state index in [1.165, 1.54) is 12.4 Å². The Balaban J connectivity index is 1.62. The molecule has 11 heteroatoms. The number of nitrogens with zero attached hydrogens (tertiary/aromatic N) is 4. The van der Waals surface area contributed by atoms with Gasteiger partial charge in [-0.3, -0.25) is 4.57 Å². The lowest BCUT2D eigenvalue weighted by Crippen LogP contribution is -2.29. The molecule has 1 aromatic carbocycles. The van der Waals surface area contributed by atoms with Gasteiger partial charge in [0.1, 0.15) is 40.2 Å². The zero-order valence-corrected chi connectivity index (χ0v) is 18.5. The predicted octanol–water partition coefficient (Wildman–Crippen LogP) is 2.16. The molecule has 0 radical (unpaired) electrons. The topological polar surface area (TPSA) is 120 Å². The van der Waals surface area contributed by atoms with Crippen LogP contribution < -0.4 is 19.5 Å². The van der Waals surface area contributed by atoms with Gasteiger partial charge in [0.15, 0.2) is 0 Å². The summed E-state index contributed by atoms with van der Waals surface area (Å²) in [4.78, 5) is 12.6. The van der Waals surface area contributed by atoms with Gasteiger partial charge in [-0.15, -0.1) is 0 Å². The maximum absolute atomic E-state index is 12.8. The number of benzene rings is 1. The van der Waals surface area contributed by atoms with E-state index in [-0.39, 0.29) is 17.2 Å². The third kappa shape index (κ3) is 5.70. The molecule has 0 spiro atoms. The number of rotatable bonds is 11. The van der Waals surface area contributed by atoms with Gasteiger partial charge >= 0.3 is 0 Å². The fourth-order valence-corrected chi connectivity index (χ4v) is 4.04. The second-order valence-corrected chi connectivity index (χ2v) is 8.14. The predicted molar refractivity (Wildman–Crippen MR) is 116 cm³/mol. The van der Waals surface area contributed by atoms with Crippen molar-refractivity contribution in [3.63, 3.8) is 0 Å². The third-order valence-corrected chi connectivity index (χ3v) is 5.76. The van der Waals surface area contributed by atoms with Crippen LogP contribution in [0.15, 0.2) is 47.9 Å². The average molecular weight is 447 g/mol. The van der Waals surface area contributed by atoms with Crippen molar-refractivity contribution < 1.29 is 17.9 Å². The third-order valence-electron chi connectivity index (χ3n) is 4.26. The molecule has 0 fully saturated rings. The summed E-state index contributed by atoms with van der Waals surface area (Å²) in [7, 11) is -3.76. The second kappa shape index (κ2) is 10.2. The minimum Gasteiger partial charge on any atom is -0.494 e. The van der Waals surface area contributed by atoms with Gasteiger partial charge in [0, 0.05) is 37.6 Å². The highest BCUT2D eigenvalue weighted by molar-refractivity contribution is 7.89. The van der Waals surface area contributed by atoms with Crippen molar-refractivity contribution in [2.45, 2.75) is 25.7 Å². The highest BCUT2D eigenvalue weighted by atomic mass is 32.2. The fourth-order valence-electron chi connectivity index (χ4n) is 2.88. The standard InChI is InChI=1S/C20H26N6O4S/c1-4-29-16-6-7-18(17(12-16)30-5-2)31(27,28)25-9-8-22-19-13-20(24-14-23-19)26-11-10-21-15(26)3/h6-7,10-14,25H,4-5,8-9H2,1-3H3,(H,22,23,24). The summed E-state index contributed by atoms with van der Waals surface area (Å²) in [6.07, 6.45) is 4.94. The van der Waals surface area contributed by atoms with Gasteiger partial charge in [0.25, 0.3) is 0 Å². The van der Waals surface area contributed by atoms with Crippen LogP contribution in [-0.4, -0.2) is 54.2 Å². The molecule has 0 aliphatic heterocycles. The Kier molecular flexibility index (Phi) is 7.42. The zero-order chi connectivity index (χ0) is 22.3. The first-order chi connectivity index (χ1) is 14.9. The van der Waals surface area contributed by atoms with Gasteiger partial charge in [-0.1, -0.05) is 0 Å². The molecule has 0 saturated heterocycles. The van der Waals surface area contributed by atoms with Crippen molar-refractivity contribution >= 4 is 15.8 Å². The molecule has 0 bridgehead atoms. The molecule has 0 aliphatic carbocycles. The van der Waals surface area contributed by atoms with Crippen LogP contribution in [0.3, 0.4) is 0 Å². The van der Waals surface area contributed by atoms with Gasteiger partial charge in [-0.25, -0.2) is 28.1 Å². The molecule has 0 amide bonds. The summed E-state index contributed by atoms with van der Waals surface area (Å²) < 4.78 is 40.9. The Hall–Kier alpha value is -3.18. The minimum atomic E-state index is -3.76. The van der Waals surface area contributed by atoms with Crippen LogP contribution >= 0.6 is 0 Å². The smallest absolute Gasteiger partial charge is 0.244 e. The van der Waals surface area contributed by atoms with Gasteiger partial charge in [0.2, 0.25) is 10.0 Å². The molecule has 2 heterocycles. The van der Waals surface area contributed by atoms with E-state index in [9.17, 15) is 8.42 Å². The number of aromatic nitrogens is 4. The van der Waals surface area contributed by atoms with E-state index in [4.69, 9.17) is 9.47 Å². The molecular weight excluding hydrogens is 420 g/mol. The van der Waals surface area contributed by atoms with E-state index in [0.29, 0.717) is 37.1 Å². The van der Waals surface area contributed by atoms with Crippen molar-refractivity contribution in [1.82, 2.24) is 24.2 Å². The molecule has 2 N–H and O–H groups in total.